The quantitative estimate of drug-likeness (QED) is 0.843. The molecule has 1 aromatic rings. The maximum absolute atomic E-state index is 11.6. The van der Waals surface area contributed by atoms with E-state index in [-0.39, 0.29) is 5.91 Å². The maximum atomic E-state index is 11.6. The van der Waals surface area contributed by atoms with Gasteiger partial charge in [0.1, 0.15) is 10.9 Å². The molecule has 1 N–H and O–H groups in total. The Balaban J connectivity index is 3.10. The number of hydrogen-bond donors (Lipinski definition) is 1. The van der Waals surface area contributed by atoms with Crippen LogP contribution in [0.4, 0.5) is 5.00 Å². The minimum atomic E-state index is 0.00831. The van der Waals surface area contributed by atoms with E-state index >= 15 is 0 Å². The van der Waals surface area contributed by atoms with Gasteiger partial charge < -0.3 is 5.32 Å². The van der Waals surface area contributed by atoms with E-state index < -0.39 is 0 Å². The largest absolute Gasteiger partial charge is 0.354 e. The third-order valence-electron chi connectivity index (χ3n) is 2.80. The first-order valence-electron chi connectivity index (χ1n) is 5.72. The summed E-state index contributed by atoms with van der Waals surface area (Å²) in [5, 5.41) is 12.7. The van der Waals surface area contributed by atoms with E-state index in [1.165, 1.54) is 11.3 Å². The Kier molecular flexibility index (Phi) is 5.32. The molecule has 0 bridgehead atoms. The van der Waals surface area contributed by atoms with Gasteiger partial charge >= 0.3 is 0 Å². The molecular weight excluding hydrogens is 314 g/mol. The normalized spacial score (nSPS) is 13.7. The maximum Gasteiger partial charge on any atom is 0.275 e. The number of carbonyl (C=O) groups excluding carboxylic acids is 1. The molecule has 1 amide bonds. The zero-order valence-corrected chi connectivity index (χ0v) is 13.2. The number of halogens is 1. The summed E-state index contributed by atoms with van der Waals surface area (Å²) in [6.07, 6.45) is 0.977. The molecular formula is C12H17BrN3OS+. The summed E-state index contributed by atoms with van der Waals surface area (Å²) in [7, 11) is 3.67. The van der Waals surface area contributed by atoms with Gasteiger partial charge in [0.15, 0.2) is 11.5 Å². The van der Waals surface area contributed by atoms with Crippen molar-refractivity contribution in [1.82, 2.24) is 9.80 Å². The molecule has 0 spiro atoms. The van der Waals surface area contributed by atoms with Crippen molar-refractivity contribution in [3.63, 3.8) is 0 Å². The molecule has 0 saturated carbocycles. The summed E-state index contributed by atoms with van der Waals surface area (Å²) in [4.78, 5) is 12.3. The zero-order chi connectivity index (χ0) is 13.8. The molecule has 1 unspecified atom stereocenters. The van der Waals surface area contributed by atoms with Gasteiger partial charge in [0, 0.05) is 13.1 Å². The van der Waals surface area contributed by atoms with Crippen LogP contribution in [-0.4, -0.2) is 33.1 Å². The highest BCUT2D eigenvalue weighted by Crippen LogP contribution is 2.36. The summed E-state index contributed by atoms with van der Waals surface area (Å²) in [6.45, 7) is 3.35. The highest BCUT2D eigenvalue weighted by molar-refractivity contribution is 9.10. The summed E-state index contributed by atoms with van der Waals surface area (Å²) in [5.74, 6) is 0.00831. The van der Waals surface area contributed by atoms with Gasteiger partial charge in [-0.1, -0.05) is 18.3 Å². The van der Waals surface area contributed by atoms with Crippen LogP contribution < -0.4 is 9.80 Å². The molecule has 18 heavy (non-hydrogen) atoms. The van der Waals surface area contributed by atoms with E-state index in [2.05, 4.69) is 34.2 Å². The van der Waals surface area contributed by atoms with E-state index in [1.54, 1.807) is 7.05 Å². The molecule has 4 nitrogen and oxygen atoms in total. The minimum absolute atomic E-state index is 0.00831. The molecule has 0 saturated heterocycles. The summed E-state index contributed by atoms with van der Waals surface area (Å²) in [6, 6.07) is 4.10. The minimum Gasteiger partial charge on any atom is -0.354 e. The van der Waals surface area contributed by atoms with Crippen molar-refractivity contribution >= 4 is 38.2 Å². The molecule has 0 aliphatic rings. The van der Waals surface area contributed by atoms with Gasteiger partial charge in [-0.25, -0.2) is 0 Å². The van der Waals surface area contributed by atoms with Crippen molar-refractivity contribution < 1.29 is 4.79 Å². The Bertz CT molecular complexity index is 480. The fourth-order valence-electron chi connectivity index (χ4n) is 1.86. The molecule has 6 heteroatoms. The van der Waals surface area contributed by atoms with Crippen molar-refractivity contribution in [3.8, 4) is 6.07 Å². The Morgan fingerprint density at radius 3 is 2.78 bits per heavy atom. The Labute approximate surface area is 120 Å². The molecule has 0 aromatic carbocycles. The average molecular weight is 331 g/mol. The second-order valence-electron chi connectivity index (χ2n) is 4.32. The van der Waals surface area contributed by atoms with E-state index in [4.69, 9.17) is 5.26 Å². The summed E-state index contributed by atoms with van der Waals surface area (Å²) in [5.41, 5.74) is 0. The van der Waals surface area contributed by atoms with E-state index in [1.807, 2.05) is 13.1 Å². The number of amides is 1. The molecule has 0 aliphatic carbocycles. The van der Waals surface area contributed by atoms with Crippen LogP contribution in [0.2, 0.25) is 0 Å². The van der Waals surface area contributed by atoms with E-state index in [9.17, 15) is 4.79 Å². The number of nitriles is 1. The number of thiophene rings is 1. The topological polar surface area (TPSA) is 52.9 Å². The van der Waals surface area contributed by atoms with E-state index in [0.29, 0.717) is 15.9 Å². The van der Waals surface area contributed by atoms with Crippen LogP contribution in [0, 0.1) is 11.3 Å². The van der Waals surface area contributed by atoms with Crippen LogP contribution >= 0.6 is 27.3 Å². The number of quaternary nitrogens is 1. The lowest BCUT2D eigenvalue weighted by Crippen LogP contribution is -2.51. The number of likely N-dealkylation sites (N-methyl/N-ethyl adjacent to an activating group) is 2. The molecule has 0 fully saturated rings. The number of nitrogens with zero attached hydrogens (tertiary/aromatic N) is 2. The highest BCUT2D eigenvalue weighted by atomic mass is 79.9. The smallest absolute Gasteiger partial charge is 0.275 e. The lowest BCUT2D eigenvalue weighted by Gasteiger charge is -2.31. The molecule has 0 aliphatic heterocycles. The fourth-order valence-corrected chi connectivity index (χ4v) is 3.52. The van der Waals surface area contributed by atoms with Crippen LogP contribution in [0.1, 0.15) is 18.2 Å². The lowest BCUT2D eigenvalue weighted by atomic mass is 10.3. The first-order chi connectivity index (χ1) is 8.46. The lowest BCUT2D eigenvalue weighted by molar-refractivity contribution is -0.121. The first kappa shape index (κ1) is 15.2. The van der Waals surface area contributed by atoms with Crippen molar-refractivity contribution in [2.75, 3.05) is 27.2 Å². The number of rotatable bonds is 5. The molecule has 98 valence electrons. The third kappa shape index (κ3) is 3.31. The molecule has 1 aromatic heterocycles. The van der Waals surface area contributed by atoms with Crippen LogP contribution in [0.25, 0.3) is 0 Å². The van der Waals surface area contributed by atoms with Crippen molar-refractivity contribution in [3.05, 3.63) is 15.4 Å². The molecule has 0 radical (unpaired) electrons. The van der Waals surface area contributed by atoms with Crippen LogP contribution in [0.3, 0.4) is 0 Å². The van der Waals surface area contributed by atoms with Gasteiger partial charge in [-0.15, -0.1) is 0 Å². The van der Waals surface area contributed by atoms with Gasteiger partial charge in [-0.3, -0.25) is 9.28 Å². The van der Waals surface area contributed by atoms with Gasteiger partial charge in [0.2, 0.25) is 0 Å². The monoisotopic (exact) mass is 330 g/mol. The standard InChI is InChI=1S/C12H16BrN3OS/c1-4-5-16(3,8-11(17)15-2)12-6-9(13)10(7-14)18-12/h6H,4-5,8H2,1-3H3/p+1. The predicted molar refractivity (Wildman–Crippen MR) is 78.5 cm³/mol. The zero-order valence-electron chi connectivity index (χ0n) is 10.8. The van der Waals surface area contributed by atoms with Crippen molar-refractivity contribution in [2.24, 2.45) is 0 Å². The fraction of sp³-hybridized carbons (Fsp3) is 0.500. The van der Waals surface area contributed by atoms with Crippen molar-refractivity contribution in [2.45, 2.75) is 13.3 Å². The van der Waals surface area contributed by atoms with Gasteiger partial charge in [0.05, 0.1) is 18.1 Å². The van der Waals surface area contributed by atoms with Crippen LogP contribution in [0.15, 0.2) is 10.5 Å². The Hall–Kier alpha value is -0.900. The Morgan fingerprint density at radius 1 is 1.67 bits per heavy atom. The van der Waals surface area contributed by atoms with Gasteiger partial charge in [0.25, 0.3) is 5.91 Å². The summed E-state index contributed by atoms with van der Waals surface area (Å²) >= 11 is 4.82. The van der Waals surface area contributed by atoms with Crippen LogP contribution in [-0.2, 0) is 4.79 Å². The van der Waals surface area contributed by atoms with E-state index in [0.717, 1.165) is 22.4 Å². The number of carbonyl (C=O) groups is 1. The number of hydrogen-bond acceptors (Lipinski definition) is 3. The average Bonchev–Trinajstić information content (AvgIpc) is 2.71. The highest BCUT2D eigenvalue weighted by Gasteiger charge is 2.30. The van der Waals surface area contributed by atoms with Gasteiger partial charge in [-0.05, 0) is 22.4 Å². The Morgan fingerprint density at radius 2 is 2.33 bits per heavy atom. The second-order valence-corrected chi connectivity index (χ2v) is 6.21. The SMILES string of the molecule is CCC[N+](C)(CC(=O)NC)c1cc(Br)c(C#N)s1. The van der Waals surface area contributed by atoms with Crippen LogP contribution in [0.5, 0.6) is 0 Å². The first-order valence-corrected chi connectivity index (χ1v) is 7.33. The third-order valence-corrected chi connectivity index (χ3v) is 4.97. The predicted octanol–water partition coefficient (Wildman–Crippen LogP) is 2.48. The molecule has 1 atom stereocenters. The summed E-state index contributed by atoms with van der Waals surface area (Å²) < 4.78 is 1.34. The van der Waals surface area contributed by atoms with Gasteiger partial charge in [-0.2, -0.15) is 5.26 Å². The van der Waals surface area contributed by atoms with Crippen molar-refractivity contribution in [1.29, 1.82) is 5.26 Å². The molecule has 1 rings (SSSR count). The number of nitrogens with one attached hydrogen (secondary N) is 1. The molecule has 1 heterocycles. The second kappa shape index (κ2) is 6.32.